The fraction of sp³-hybridized carbons (Fsp3) is 0.238. The third-order valence-corrected chi connectivity index (χ3v) is 3.92. The number of imidazole rings is 1. The fourth-order valence-corrected chi connectivity index (χ4v) is 2.79. The van der Waals surface area contributed by atoms with Crippen LogP contribution in [0.4, 0.5) is 11.4 Å². The minimum atomic E-state index is -0.451. The van der Waals surface area contributed by atoms with Crippen molar-refractivity contribution in [3.05, 3.63) is 60.2 Å². The van der Waals surface area contributed by atoms with Crippen LogP contribution in [0, 0.1) is 0 Å². The van der Waals surface area contributed by atoms with Crippen LogP contribution in [-0.2, 0) is 4.79 Å². The Bertz CT molecular complexity index is 1080. The molecule has 0 atom stereocenters. The summed E-state index contributed by atoms with van der Waals surface area (Å²) in [6.45, 7) is 7.05. The average molecular weight is 393 g/mol. The lowest BCUT2D eigenvalue weighted by molar-refractivity contribution is -0.114. The number of hydrogen-bond donors (Lipinski definition) is 3. The number of nitrogens with one attached hydrogen (secondary N) is 3. The molecule has 0 saturated heterocycles. The summed E-state index contributed by atoms with van der Waals surface area (Å²) in [7, 11) is 0. The second kappa shape index (κ2) is 7.75. The summed E-state index contributed by atoms with van der Waals surface area (Å²) < 4.78 is 1.58. The number of carbonyl (C=O) groups is 3. The number of rotatable bonds is 4. The molecule has 0 aliphatic carbocycles. The third kappa shape index (κ3) is 4.78. The number of pyridine rings is 1. The zero-order valence-electron chi connectivity index (χ0n) is 16.7. The summed E-state index contributed by atoms with van der Waals surface area (Å²) in [6.07, 6.45) is 1.69. The molecule has 2 aromatic heterocycles. The van der Waals surface area contributed by atoms with Crippen LogP contribution < -0.4 is 16.0 Å². The van der Waals surface area contributed by atoms with E-state index in [1.165, 1.54) is 6.92 Å². The first-order valence-electron chi connectivity index (χ1n) is 9.13. The molecule has 0 fully saturated rings. The van der Waals surface area contributed by atoms with Gasteiger partial charge in [0.25, 0.3) is 11.8 Å². The van der Waals surface area contributed by atoms with E-state index in [1.54, 1.807) is 53.1 Å². The van der Waals surface area contributed by atoms with Crippen molar-refractivity contribution in [1.82, 2.24) is 14.7 Å². The molecular weight excluding hydrogens is 370 g/mol. The van der Waals surface area contributed by atoms with Crippen LogP contribution in [-0.4, -0.2) is 32.6 Å². The summed E-state index contributed by atoms with van der Waals surface area (Å²) >= 11 is 0. The molecule has 0 spiro atoms. The second-order valence-electron chi connectivity index (χ2n) is 7.66. The SMILES string of the molecule is CC(=O)Nc1ccc(NC(=O)c2nc(C(=O)NC(C)(C)C)c3ccccn23)cc1. The van der Waals surface area contributed by atoms with E-state index in [0.29, 0.717) is 16.9 Å². The van der Waals surface area contributed by atoms with Crippen molar-refractivity contribution < 1.29 is 14.4 Å². The topological polar surface area (TPSA) is 105 Å². The Kier molecular flexibility index (Phi) is 5.36. The predicted octanol–water partition coefficient (Wildman–Crippen LogP) is 3.07. The molecule has 1 aromatic carbocycles. The number of nitrogens with zero attached hydrogens (tertiary/aromatic N) is 2. The molecule has 2 heterocycles. The second-order valence-corrected chi connectivity index (χ2v) is 7.66. The van der Waals surface area contributed by atoms with Crippen LogP contribution in [0.2, 0.25) is 0 Å². The molecule has 0 saturated carbocycles. The zero-order chi connectivity index (χ0) is 21.2. The zero-order valence-corrected chi connectivity index (χ0v) is 16.7. The molecule has 29 heavy (non-hydrogen) atoms. The molecule has 3 aromatic rings. The maximum absolute atomic E-state index is 12.8. The lowest BCUT2D eigenvalue weighted by Crippen LogP contribution is -2.40. The van der Waals surface area contributed by atoms with Crippen molar-refractivity contribution in [3.63, 3.8) is 0 Å². The van der Waals surface area contributed by atoms with Crippen LogP contribution in [0.3, 0.4) is 0 Å². The van der Waals surface area contributed by atoms with Crippen molar-refractivity contribution in [3.8, 4) is 0 Å². The molecule has 0 radical (unpaired) electrons. The van der Waals surface area contributed by atoms with E-state index >= 15 is 0 Å². The molecule has 8 heteroatoms. The number of amides is 3. The van der Waals surface area contributed by atoms with Crippen LogP contribution in [0.15, 0.2) is 48.7 Å². The Hall–Kier alpha value is -3.68. The average Bonchev–Trinajstić information content (AvgIpc) is 3.01. The minimum absolute atomic E-state index is 0.102. The third-order valence-electron chi connectivity index (χ3n) is 3.92. The monoisotopic (exact) mass is 393 g/mol. The van der Waals surface area contributed by atoms with Crippen molar-refractivity contribution in [2.75, 3.05) is 10.6 Å². The first-order valence-corrected chi connectivity index (χ1v) is 9.13. The lowest BCUT2D eigenvalue weighted by atomic mass is 10.1. The molecular formula is C21H23N5O3. The van der Waals surface area contributed by atoms with Crippen LogP contribution in [0.1, 0.15) is 48.8 Å². The van der Waals surface area contributed by atoms with Gasteiger partial charge in [0.05, 0.1) is 5.52 Å². The Morgan fingerprint density at radius 2 is 1.52 bits per heavy atom. The number of carbonyl (C=O) groups excluding carboxylic acids is 3. The number of fused-ring (bicyclic) bond motifs is 1. The van der Waals surface area contributed by atoms with E-state index in [1.807, 2.05) is 20.8 Å². The Morgan fingerprint density at radius 3 is 2.10 bits per heavy atom. The van der Waals surface area contributed by atoms with E-state index in [2.05, 4.69) is 20.9 Å². The van der Waals surface area contributed by atoms with Gasteiger partial charge in [-0.2, -0.15) is 0 Å². The Labute approximate surface area is 168 Å². The van der Waals surface area contributed by atoms with Crippen molar-refractivity contribution in [1.29, 1.82) is 0 Å². The number of aromatic nitrogens is 2. The maximum atomic E-state index is 12.8. The highest BCUT2D eigenvalue weighted by atomic mass is 16.2. The van der Waals surface area contributed by atoms with Crippen LogP contribution >= 0.6 is 0 Å². The molecule has 150 valence electrons. The van der Waals surface area contributed by atoms with E-state index < -0.39 is 11.4 Å². The fourth-order valence-electron chi connectivity index (χ4n) is 2.79. The van der Waals surface area contributed by atoms with Gasteiger partial charge in [0, 0.05) is 30.0 Å². The van der Waals surface area contributed by atoms with Gasteiger partial charge in [-0.15, -0.1) is 0 Å². The molecule has 3 N–H and O–H groups in total. The molecule has 0 unspecified atom stereocenters. The highest BCUT2D eigenvalue weighted by molar-refractivity contribution is 6.06. The Morgan fingerprint density at radius 1 is 0.897 bits per heavy atom. The standard InChI is InChI=1S/C21H23N5O3/c1-13(27)22-14-8-10-15(11-9-14)23-20(29)18-24-17(19(28)25-21(2,3)4)16-7-5-6-12-26(16)18/h5-12H,1-4H3,(H,22,27)(H,23,29)(H,25,28). The smallest absolute Gasteiger partial charge is 0.292 e. The first kappa shape index (κ1) is 20.1. The van der Waals surface area contributed by atoms with E-state index in [-0.39, 0.29) is 23.3 Å². The molecule has 0 aliphatic heterocycles. The summed E-state index contributed by atoms with van der Waals surface area (Å²) in [4.78, 5) is 40.9. The molecule has 8 nitrogen and oxygen atoms in total. The predicted molar refractivity (Wildman–Crippen MR) is 111 cm³/mol. The van der Waals surface area contributed by atoms with Gasteiger partial charge in [0.15, 0.2) is 5.69 Å². The largest absolute Gasteiger partial charge is 0.346 e. The number of hydrogen-bond acceptors (Lipinski definition) is 4. The highest BCUT2D eigenvalue weighted by Gasteiger charge is 2.24. The van der Waals surface area contributed by atoms with Crippen molar-refractivity contribution >= 4 is 34.6 Å². The number of benzene rings is 1. The number of anilines is 2. The van der Waals surface area contributed by atoms with Gasteiger partial charge in [0.1, 0.15) is 0 Å². The summed E-state index contributed by atoms with van der Waals surface area (Å²) in [5.74, 6) is -0.870. The van der Waals surface area contributed by atoms with Gasteiger partial charge in [0.2, 0.25) is 11.7 Å². The van der Waals surface area contributed by atoms with Crippen molar-refractivity contribution in [2.45, 2.75) is 33.2 Å². The summed E-state index contributed by atoms with van der Waals surface area (Å²) in [5.41, 5.74) is 1.47. The molecule has 0 aliphatic rings. The molecule has 3 rings (SSSR count). The van der Waals surface area contributed by atoms with Gasteiger partial charge < -0.3 is 16.0 Å². The van der Waals surface area contributed by atoms with Gasteiger partial charge in [-0.1, -0.05) is 6.07 Å². The minimum Gasteiger partial charge on any atom is -0.346 e. The summed E-state index contributed by atoms with van der Waals surface area (Å²) in [6, 6.07) is 12.0. The molecule has 0 bridgehead atoms. The lowest BCUT2D eigenvalue weighted by Gasteiger charge is -2.19. The quantitative estimate of drug-likeness (QED) is 0.633. The van der Waals surface area contributed by atoms with Crippen molar-refractivity contribution in [2.24, 2.45) is 0 Å². The molecule has 3 amide bonds. The van der Waals surface area contributed by atoms with Gasteiger partial charge in [-0.05, 0) is 57.2 Å². The normalized spacial score (nSPS) is 11.2. The van der Waals surface area contributed by atoms with Gasteiger partial charge in [-0.3, -0.25) is 18.8 Å². The van der Waals surface area contributed by atoms with Crippen LogP contribution in [0.25, 0.3) is 5.52 Å². The van der Waals surface area contributed by atoms with E-state index in [4.69, 9.17) is 0 Å². The first-order chi connectivity index (χ1) is 13.6. The van der Waals surface area contributed by atoms with Gasteiger partial charge >= 0.3 is 0 Å². The van der Waals surface area contributed by atoms with Gasteiger partial charge in [-0.25, -0.2) is 4.98 Å². The maximum Gasteiger partial charge on any atom is 0.292 e. The van der Waals surface area contributed by atoms with Crippen LogP contribution in [0.5, 0.6) is 0 Å². The van der Waals surface area contributed by atoms with E-state index in [0.717, 1.165) is 0 Å². The highest BCUT2D eigenvalue weighted by Crippen LogP contribution is 2.18. The van der Waals surface area contributed by atoms with E-state index in [9.17, 15) is 14.4 Å². The summed E-state index contributed by atoms with van der Waals surface area (Å²) in [5, 5.41) is 8.30. The Balaban J connectivity index is 1.88.